The van der Waals surface area contributed by atoms with E-state index in [4.69, 9.17) is 9.47 Å². The predicted octanol–water partition coefficient (Wildman–Crippen LogP) is 3.62. The second-order valence-corrected chi connectivity index (χ2v) is 17.2. The van der Waals surface area contributed by atoms with E-state index in [1.165, 1.54) is 4.90 Å². The fourth-order valence-electron chi connectivity index (χ4n) is 6.83. The molecule has 3 atom stereocenters. The molecule has 1 aromatic carbocycles. The van der Waals surface area contributed by atoms with Crippen LogP contribution < -0.4 is 16.0 Å². The van der Waals surface area contributed by atoms with E-state index in [0.29, 0.717) is 63.6 Å². The van der Waals surface area contributed by atoms with Crippen molar-refractivity contribution in [3.63, 3.8) is 0 Å². The highest BCUT2D eigenvalue weighted by molar-refractivity contribution is 8.00. The van der Waals surface area contributed by atoms with E-state index in [-0.39, 0.29) is 77.6 Å². The lowest BCUT2D eigenvalue weighted by atomic mass is 9.81. The van der Waals surface area contributed by atoms with E-state index in [2.05, 4.69) is 36.7 Å². The number of unbranched alkanes of at least 4 members (excludes halogenated alkanes) is 2. The van der Waals surface area contributed by atoms with E-state index in [9.17, 15) is 29.1 Å². The maximum Gasteiger partial charge on any atom is 0.325 e. The lowest BCUT2D eigenvalue weighted by molar-refractivity contribution is -0.140. The minimum Gasteiger partial charge on any atom is -0.396 e. The van der Waals surface area contributed by atoms with Crippen LogP contribution in [0.4, 0.5) is 4.79 Å². The highest BCUT2D eigenvalue weighted by Crippen LogP contribution is 2.38. The van der Waals surface area contributed by atoms with Gasteiger partial charge in [0.2, 0.25) is 17.7 Å². The molecule has 0 saturated carbocycles. The minimum atomic E-state index is -0.321. The fourth-order valence-corrected chi connectivity index (χ4v) is 8.42. The Morgan fingerprint density at radius 2 is 1.60 bits per heavy atom. The number of fused-ring (bicyclic) bond motifs is 1. The zero-order valence-electron chi connectivity index (χ0n) is 32.1. The highest BCUT2D eigenvalue weighted by Gasteiger charge is 2.50. The Balaban J connectivity index is 0.953. The lowest BCUT2D eigenvalue weighted by Gasteiger charge is -2.38. The molecule has 0 radical (unpaired) electrons. The summed E-state index contributed by atoms with van der Waals surface area (Å²) in [6.07, 6.45) is 6.78. The highest BCUT2D eigenvalue weighted by atomic mass is 32.2. The number of nitrogens with one attached hydrogen (secondary N) is 3. The van der Waals surface area contributed by atoms with Crippen molar-refractivity contribution in [1.29, 1.82) is 0 Å². The summed E-state index contributed by atoms with van der Waals surface area (Å²) in [5, 5.41) is 18.5. The van der Waals surface area contributed by atoms with Crippen molar-refractivity contribution >= 4 is 41.4 Å². The predicted molar refractivity (Wildman–Crippen MR) is 205 cm³/mol. The zero-order valence-corrected chi connectivity index (χ0v) is 32.9. The Labute approximate surface area is 319 Å². The van der Waals surface area contributed by atoms with Gasteiger partial charge in [-0.3, -0.25) is 24.1 Å². The Kier molecular flexibility index (Phi) is 16.4. The van der Waals surface area contributed by atoms with Gasteiger partial charge in [-0.25, -0.2) is 4.79 Å². The number of likely N-dealkylation sites (tertiary alicyclic amines) is 1. The number of amides is 6. The smallest absolute Gasteiger partial charge is 0.325 e. The van der Waals surface area contributed by atoms with Crippen molar-refractivity contribution in [2.45, 2.75) is 108 Å². The molecule has 3 fully saturated rings. The molecule has 0 unspecified atom stereocenters. The first-order chi connectivity index (χ1) is 25.3. The molecule has 53 heavy (non-hydrogen) atoms. The van der Waals surface area contributed by atoms with Crippen molar-refractivity contribution in [2.75, 3.05) is 65.0 Å². The van der Waals surface area contributed by atoms with Gasteiger partial charge >= 0.3 is 6.03 Å². The van der Waals surface area contributed by atoms with Crippen molar-refractivity contribution in [3.05, 3.63) is 35.4 Å². The topological polar surface area (TPSA) is 167 Å². The number of aliphatic hydroxyl groups is 1. The molecule has 14 heteroatoms. The third-order valence-corrected chi connectivity index (χ3v) is 12.0. The zero-order chi connectivity index (χ0) is 38.4. The second kappa shape index (κ2) is 20.5. The number of nitrogens with zero attached hydrogens (tertiary/aromatic N) is 2. The van der Waals surface area contributed by atoms with Crippen LogP contribution in [0.15, 0.2) is 24.3 Å². The van der Waals surface area contributed by atoms with Crippen LogP contribution in [0.2, 0.25) is 0 Å². The maximum atomic E-state index is 13.3. The van der Waals surface area contributed by atoms with Crippen LogP contribution in [0, 0.1) is 5.41 Å². The molecule has 4 N–H and O–H groups in total. The standard InChI is InChI=1S/C39H61N5O8S/c1-38(2,3)29-14-12-28(13-15-29)36(49)44-30-26-53-31(35(30)42-37(44)50)10-5-6-11-32(46)40-18-7-8-22-51-23-9-19-41-33(47)24-52-25-34(48)43-20-16-39(4,27-45)17-21-43/h12-15,30-31,35,45H,5-11,16-27H2,1-4H3,(H,40,46)(H,41,47)(H,42,50)/t30-,31-,35-/m0/s1. The summed E-state index contributed by atoms with van der Waals surface area (Å²) in [7, 11) is 0. The van der Waals surface area contributed by atoms with Gasteiger partial charge in [0.25, 0.3) is 5.91 Å². The number of hydrogen-bond donors (Lipinski definition) is 4. The summed E-state index contributed by atoms with van der Waals surface area (Å²) in [6.45, 7) is 11.5. The number of benzene rings is 1. The molecule has 3 heterocycles. The van der Waals surface area contributed by atoms with Gasteiger partial charge in [-0.15, -0.1) is 0 Å². The van der Waals surface area contributed by atoms with E-state index in [1.807, 2.05) is 31.2 Å². The molecule has 296 valence electrons. The van der Waals surface area contributed by atoms with E-state index in [1.54, 1.807) is 16.7 Å². The Morgan fingerprint density at radius 3 is 2.30 bits per heavy atom. The van der Waals surface area contributed by atoms with Crippen LogP contribution in [0.1, 0.15) is 101 Å². The quantitative estimate of drug-likeness (QED) is 0.115. The van der Waals surface area contributed by atoms with Crippen molar-refractivity contribution in [1.82, 2.24) is 25.8 Å². The van der Waals surface area contributed by atoms with Gasteiger partial charge in [0.1, 0.15) is 13.2 Å². The van der Waals surface area contributed by atoms with Gasteiger partial charge in [0.15, 0.2) is 0 Å². The monoisotopic (exact) mass is 759 g/mol. The van der Waals surface area contributed by atoms with Crippen LogP contribution in [0.3, 0.4) is 0 Å². The second-order valence-electron chi connectivity index (χ2n) is 15.9. The Hall–Kier alpha value is -3.20. The van der Waals surface area contributed by atoms with Crippen molar-refractivity contribution in [2.24, 2.45) is 5.41 Å². The number of rotatable bonds is 20. The summed E-state index contributed by atoms with van der Waals surface area (Å²) in [5.41, 5.74) is 1.52. The van der Waals surface area contributed by atoms with E-state index in [0.717, 1.165) is 50.5 Å². The van der Waals surface area contributed by atoms with Crippen molar-refractivity contribution < 1.29 is 38.6 Å². The summed E-state index contributed by atoms with van der Waals surface area (Å²) in [6, 6.07) is 7.00. The summed E-state index contributed by atoms with van der Waals surface area (Å²) in [4.78, 5) is 65.9. The van der Waals surface area contributed by atoms with E-state index >= 15 is 0 Å². The number of urea groups is 1. The van der Waals surface area contributed by atoms with Crippen LogP contribution in [0.5, 0.6) is 0 Å². The molecule has 0 aromatic heterocycles. The van der Waals surface area contributed by atoms with Gasteiger partial charge in [-0.05, 0) is 73.5 Å². The number of hydrogen-bond acceptors (Lipinski definition) is 9. The molecule has 6 amide bonds. The number of thioether (sulfide) groups is 1. The normalized spacial score (nSPS) is 20.9. The molecule has 0 bridgehead atoms. The average molecular weight is 760 g/mol. The van der Waals surface area contributed by atoms with Gasteiger partial charge < -0.3 is 35.4 Å². The molecule has 0 aliphatic carbocycles. The molecule has 3 aliphatic rings. The first kappa shape index (κ1) is 42.5. The first-order valence-corrected chi connectivity index (χ1v) is 20.3. The molecule has 0 spiro atoms. The summed E-state index contributed by atoms with van der Waals surface area (Å²) < 4.78 is 10.9. The van der Waals surface area contributed by atoms with Gasteiger partial charge in [-0.1, -0.05) is 46.2 Å². The fraction of sp³-hybridized carbons (Fsp3) is 0.718. The molecule has 3 aliphatic heterocycles. The summed E-state index contributed by atoms with van der Waals surface area (Å²) in [5.74, 6) is 0.0898. The SMILES string of the molecule is CC1(CO)CCN(C(=O)COCC(=O)NCCCOCCCCNC(=O)CCCC[C@@H]2SC[C@H]3[C@@H]2NC(=O)N3C(=O)c2ccc(C(C)(C)C)cc2)CC1. The Morgan fingerprint density at radius 1 is 0.925 bits per heavy atom. The van der Waals surface area contributed by atoms with Crippen LogP contribution in [0.25, 0.3) is 0 Å². The minimum absolute atomic E-state index is 0.0149. The molecule has 4 rings (SSSR count). The molecular weight excluding hydrogens is 699 g/mol. The molecule has 13 nitrogen and oxygen atoms in total. The van der Waals surface area contributed by atoms with E-state index < -0.39 is 0 Å². The van der Waals surface area contributed by atoms with Crippen LogP contribution in [-0.4, -0.2) is 127 Å². The summed E-state index contributed by atoms with van der Waals surface area (Å²) >= 11 is 1.79. The third kappa shape index (κ3) is 13.0. The Bertz CT molecular complexity index is 1380. The van der Waals surface area contributed by atoms with Gasteiger partial charge in [0, 0.05) is 69.0 Å². The number of carbonyl (C=O) groups is 5. The van der Waals surface area contributed by atoms with Crippen LogP contribution >= 0.6 is 11.8 Å². The number of carbonyl (C=O) groups excluding carboxylic acids is 5. The van der Waals surface area contributed by atoms with Crippen molar-refractivity contribution in [3.8, 4) is 0 Å². The third-order valence-electron chi connectivity index (χ3n) is 10.5. The molecule has 3 saturated heterocycles. The average Bonchev–Trinajstić information content (AvgIpc) is 3.67. The number of ether oxygens (including phenoxy) is 2. The number of imide groups is 1. The van der Waals surface area contributed by atoms with Gasteiger partial charge in [-0.2, -0.15) is 11.8 Å². The largest absolute Gasteiger partial charge is 0.396 e. The first-order valence-electron chi connectivity index (χ1n) is 19.2. The van der Waals surface area contributed by atoms with Gasteiger partial charge in [0.05, 0.1) is 12.1 Å². The number of aliphatic hydroxyl groups excluding tert-OH is 1. The van der Waals surface area contributed by atoms with Crippen LogP contribution in [-0.2, 0) is 29.3 Å². The lowest BCUT2D eigenvalue weighted by Crippen LogP contribution is -2.45. The maximum absolute atomic E-state index is 13.3. The number of piperidine rings is 1. The molecule has 1 aromatic rings. The molecular formula is C39H61N5O8S.